The summed E-state index contributed by atoms with van der Waals surface area (Å²) in [6, 6.07) is 5.96. The van der Waals surface area contributed by atoms with Gasteiger partial charge < -0.3 is 14.5 Å². The summed E-state index contributed by atoms with van der Waals surface area (Å²) in [5, 5.41) is 0.863. The number of ether oxygens (including phenoxy) is 1. The lowest BCUT2D eigenvalue weighted by Crippen LogP contribution is -2.55. The van der Waals surface area contributed by atoms with Crippen LogP contribution in [-0.4, -0.2) is 56.8 Å². The number of benzene rings is 1. The number of pyridine rings is 1. The topological polar surface area (TPSA) is 80.6 Å². The largest absolute Gasteiger partial charge is 0.444 e. The first kappa shape index (κ1) is 27.8. The predicted molar refractivity (Wildman–Crippen MR) is 159 cm³/mol. The second-order valence-electron chi connectivity index (χ2n) is 10.8. The smallest absolute Gasteiger partial charge is 0.410 e. The van der Waals surface area contributed by atoms with Crippen molar-refractivity contribution in [1.82, 2.24) is 19.4 Å². The van der Waals surface area contributed by atoms with Gasteiger partial charge in [0, 0.05) is 45.3 Å². The summed E-state index contributed by atoms with van der Waals surface area (Å²) in [4.78, 5) is 39.4. The number of anilines is 1. The highest BCUT2D eigenvalue weighted by molar-refractivity contribution is 14.1. The summed E-state index contributed by atoms with van der Waals surface area (Å²) in [6.45, 7) is 15.3. The first-order chi connectivity index (χ1) is 17.3. The van der Waals surface area contributed by atoms with Crippen LogP contribution in [0.25, 0.3) is 16.6 Å². The molecule has 37 heavy (non-hydrogen) atoms. The van der Waals surface area contributed by atoms with Crippen molar-refractivity contribution in [3.05, 3.63) is 54.2 Å². The Bertz CT molecular complexity index is 1420. The first-order valence-corrected chi connectivity index (χ1v) is 14.3. The molecule has 3 aromatic rings. The Morgan fingerprint density at radius 2 is 1.95 bits per heavy atom. The monoisotopic (exact) mass is 681 g/mol. The van der Waals surface area contributed by atoms with Crippen LogP contribution in [0.1, 0.15) is 58.7 Å². The molecule has 1 fully saturated rings. The van der Waals surface area contributed by atoms with Crippen molar-refractivity contribution in [2.75, 3.05) is 24.5 Å². The first-order valence-electron chi connectivity index (χ1n) is 12.4. The van der Waals surface area contributed by atoms with Crippen LogP contribution in [-0.2, 0) is 4.74 Å². The summed E-state index contributed by atoms with van der Waals surface area (Å²) in [6.07, 6.45) is 1.47. The van der Waals surface area contributed by atoms with Crippen LogP contribution in [0.4, 0.5) is 10.6 Å². The zero-order valence-electron chi connectivity index (χ0n) is 22.3. The normalized spacial score (nSPS) is 16.5. The Labute approximate surface area is 239 Å². The molecule has 0 radical (unpaired) electrons. The van der Waals surface area contributed by atoms with Crippen molar-refractivity contribution in [1.29, 1.82) is 0 Å². The Balaban J connectivity index is 1.85. The number of aryl methyl sites for hydroxylation is 1. The molecule has 2 aromatic heterocycles. The molecule has 1 unspecified atom stereocenters. The number of aromatic nitrogens is 3. The fourth-order valence-corrected chi connectivity index (χ4v) is 5.53. The highest BCUT2D eigenvalue weighted by Crippen LogP contribution is 2.34. The second kappa shape index (κ2) is 10.5. The summed E-state index contributed by atoms with van der Waals surface area (Å²) >= 11 is 5.95. The molecule has 0 N–H and O–H groups in total. The third kappa shape index (κ3) is 5.64. The van der Waals surface area contributed by atoms with E-state index >= 15 is 0 Å². The van der Waals surface area contributed by atoms with E-state index in [1.54, 1.807) is 15.7 Å². The number of piperazine rings is 1. The van der Waals surface area contributed by atoms with Crippen LogP contribution in [0, 0.1) is 10.5 Å². The van der Waals surface area contributed by atoms with Gasteiger partial charge in [0.15, 0.2) is 0 Å². The van der Waals surface area contributed by atoms with Crippen molar-refractivity contribution >= 4 is 61.3 Å². The molecule has 8 nitrogen and oxygen atoms in total. The lowest BCUT2D eigenvalue weighted by atomic mass is 10.0. The van der Waals surface area contributed by atoms with E-state index in [0.717, 1.165) is 35.9 Å². The van der Waals surface area contributed by atoms with Crippen LogP contribution in [0.5, 0.6) is 0 Å². The predicted octanol–water partition coefficient (Wildman–Crippen LogP) is 6.03. The molecule has 4 rings (SSSR count). The fourth-order valence-electron chi connectivity index (χ4n) is 4.74. The third-order valence-corrected chi connectivity index (χ3v) is 8.74. The maximum atomic E-state index is 13.8. The standard InChI is InChI=1S/C27H33BrIN5O3/c1-15(2)18-8-9-30-17(4)23(18)34-22-13-21(29)20(28)12-19(22)24(31-25(34)35)33-11-10-32(14-16(33)3)26(36)37-27(5,6)7/h8-9,12-13,15-16H,10-11,14H2,1-7H3. The third-order valence-electron chi connectivity index (χ3n) is 6.45. The molecule has 1 amide bonds. The number of hydrogen-bond donors (Lipinski definition) is 0. The van der Waals surface area contributed by atoms with Crippen LogP contribution in [0.2, 0.25) is 0 Å². The number of carbonyl (C=O) groups excluding carboxylic acids is 1. The average molecular weight is 682 g/mol. The number of halogens is 2. The number of hydrogen-bond acceptors (Lipinski definition) is 6. The van der Waals surface area contributed by atoms with Crippen molar-refractivity contribution in [2.45, 2.75) is 66.0 Å². The van der Waals surface area contributed by atoms with E-state index in [4.69, 9.17) is 4.74 Å². The van der Waals surface area contributed by atoms with Crippen LogP contribution in [0.3, 0.4) is 0 Å². The van der Waals surface area contributed by atoms with E-state index in [1.165, 1.54) is 0 Å². The van der Waals surface area contributed by atoms with Gasteiger partial charge in [0.05, 0.1) is 16.9 Å². The van der Waals surface area contributed by atoms with Crippen LogP contribution >= 0.6 is 38.5 Å². The molecular weight excluding hydrogens is 649 g/mol. The molecule has 0 bridgehead atoms. The minimum Gasteiger partial charge on any atom is -0.444 e. The van der Waals surface area contributed by atoms with E-state index in [9.17, 15) is 9.59 Å². The van der Waals surface area contributed by atoms with Gasteiger partial charge in [-0.25, -0.2) is 9.59 Å². The van der Waals surface area contributed by atoms with Gasteiger partial charge in [-0.3, -0.25) is 9.55 Å². The number of rotatable bonds is 3. The Kier molecular flexibility index (Phi) is 7.90. The molecule has 198 valence electrons. The summed E-state index contributed by atoms with van der Waals surface area (Å²) in [5.74, 6) is 0.825. The molecule has 1 aliphatic rings. The van der Waals surface area contributed by atoms with E-state index < -0.39 is 5.60 Å². The van der Waals surface area contributed by atoms with Crippen LogP contribution in [0.15, 0.2) is 33.7 Å². The molecule has 1 atom stereocenters. The van der Waals surface area contributed by atoms with Gasteiger partial charge in [-0.05, 0) is 103 Å². The molecule has 1 saturated heterocycles. The minimum atomic E-state index is -0.553. The van der Waals surface area contributed by atoms with Crippen molar-refractivity contribution in [2.24, 2.45) is 0 Å². The van der Waals surface area contributed by atoms with E-state index in [1.807, 2.05) is 52.8 Å². The molecule has 3 heterocycles. The van der Waals surface area contributed by atoms with Crippen LogP contribution < -0.4 is 10.6 Å². The number of amides is 1. The Morgan fingerprint density at radius 3 is 2.57 bits per heavy atom. The number of fused-ring (bicyclic) bond motifs is 1. The highest BCUT2D eigenvalue weighted by atomic mass is 127. The maximum absolute atomic E-state index is 13.8. The molecule has 0 spiro atoms. The van der Waals surface area contributed by atoms with Gasteiger partial charge >= 0.3 is 11.8 Å². The van der Waals surface area contributed by atoms with Gasteiger partial charge in [-0.1, -0.05) is 13.8 Å². The maximum Gasteiger partial charge on any atom is 0.410 e. The van der Waals surface area contributed by atoms with Gasteiger partial charge in [-0.15, -0.1) is 0 Å². The van der Waals surface area contributed by atoms with Gasteiger partial charge in [0.2, 0.25) is 0 Å². The molecule has 1 aliphatic heterocycles. The zero-order valence-corrected chi connectivity index (χ0v) is 26.0. The lowest BCUT2D eigenvalue weighted by Gasteiger charge is -2.41. The summed E-state index contributed by atoms with van der Waals surface area (Å²) in [5.41, 5.74) is 2.49. The Morgan fingerprint density at radius 1 is 1.24 bits per heavy atom. The van der Waals surface area contributed by atoms with E-state index in [0.29, 0.717) is 25.5 Å². The number of nitrogens with zero attached hydrogens (tertiary/aromatic N) is 5. The van der Waals surface area contributed by atoms with E-state index in [2.05, 4.69) is 67.2 Å². The Hall–Kier alpha value is -2.21. The molecular formula is C27H33BrIN5O3. The molecule has 0 aliphatic carbocycles. The van der Waals surface area contributed by atoms with Gasteiger partial charge in [0.25, 0.3) is 0 Å². The highest BCUT2D eigenvalue weighted by Gasteiger charge is 2.32. The van der Waals surface area contributed by atoms with Gasteiger partial charge in [0.1, 0.15) is 11.4 Å². The summed E-state index contributed by atoms with van der Waals surface area (Å²) in [7, 11) is 0. The van der Waals surface area contributed by atoms with Crippen molar-refractivity contribution < 1.29 is 9.53 Å². The quantitative estimate of drug-likeness (QED) is 0.315. The van der Waals surface area contributed by atoms with E-state index in [-0.39, 0.29) is 23.7 Å². The zero-order chi connectivity index (χ0) is 27.2. The molecule has 0 saturated carbocycles. The SMILES string of the molecule is Cc1nccc(C(C)C)c1-n1c(=O)nc(N2CCN(C(=O)OC(C)(C)C)CC2C)c2cc(Br)c(I)cc21. The summed E-state index contributed by atoms with van der Waals surface area (Å²) < 4.78 is 9.20. The van der Waals surface area contributed by atoms with Gasteiger partial charge in [-0.2, -0.15) is 4.98 Å². The molecule has 1 aromatic carbocycles. The lowest BCUT2D eigenvalue weighted by molar-refractivity contribution is 0.0218. The second-order valence-corrected chi connectivity index (χ2v) is 12.8. The average Bonchev–Trinajstić information content (AvgIpc) is 2.79. The fraction of sp³-hybridized carbons (Fsp3) is 0.481. The van der Waals surface area contributed by atoms with Crippen molar-refractivity contribution in [3.8, 4) is 5.69 Å². The number of carbonyl (C=O) groups is 1. The minimum absolute atomic E-state index is 0.0587. The van der Waals surface area contributed by atoms with Crippen molar-refractivity contribution in [3.63, 3.8) is 0 Å². The molecule has 10 heteroatoms.